The Balaban J connectivity index is 1.56. The number of rotatable bonds is 6. The van der Waals surface area contributed by atoms with Crippen molar-refractivity contribution in [1.82, 2.24) is 9.80 Å². The summed E-state index contributed by atoms with van der Waals surface area (Å²) in [6.45, 7) is 4.38. The van der Waals surface area contributed by atoms with Gasteiger partial charge in [0.2, 0.25) is 5.76 Å². The summed E-state index contributed by atoms with van der Waals surface area (Å²) in [4.78, 5) is 31.1. The summed E-state index contributed by atoms with van der Waals surface area (Å²) in [5, 5.41) is 10.8. The van der Waals surface area contributed by atoms with Crippen molar-refractivity contribution in [1.29, 1.82) is 0 Å². The van der Waals surface area contributed by atoms with Crippen LogP contribution >= 0.6 is 11.6 Å². The number of carbonyl (C=O) groups excluding carboxylic acids is 1. The SMILES string of the molecule is COc1cc([C@H]2c3c(oc4ccc(Cl)cc4c3=O)C(=O)N2CCCN2CCOCC2)ccc1O. The van der Waals surface area contributed by atoms with Crippen molar-refractivity contribution in [3.8, 4) is 11.5 Å². The van der Waals surface area contributed by atoms with Crippen LogP contribution in [0.15, 0.2) is 45.6 Å². The molecule has 1 atom stereocenters. The fraction of sp³-hybridized carbons (Fsp3) is 0.360. The van der Waals surface area contributed by atoms with E-state index in [-0.39, 0.29) is 34.2 Å². The average molecular weight is 485 g/mol. The van der Waals surface area contributed by atoms with E-state index in [2.05, 4.69) is 4.90 Å². The number of hydrogen-bond acceptors (Lipinski definition) is 7. The van der Waals surface area contributed by atoms with Crippen LogP contribution in [0.1, 0.15) is 34.1 Å². The predicted octanol–water partition coefficient (Wildman–Crippen LogP) is 3.43. The fourth-order valence-corrected chi connectivity index (χ4v) is 4.90. The summed E-state index contributed by atoms with van der Waals surface area (Å²) in [6, 6.07) is 8.97. The number of nitrogens with zero attached hydrogens (tertiary/aromatic N) is 2. The third-order valence-electron chi connectivity index (χ3n) is 6.42. The molecule has 1 fully saturated rings. The first-order chi connectivity index (χ1) is 16.5. The number of methoxy groups -OCH3 is 1. The summed E-state index contributed by atoms with van der Waals surface area (Å²) in [5.74, 6) is -0.0434. The Bertz CT molecular complexity index is 1300. The van der Waals surface area contributed by atoms with Gasteiger partial charge in [-0.05, 0) is 42.3 Å². The number of phenols is 1. The van der Waals surface area contributed by atoms with Crippen LogP contribution in [-0.4, -0.2) is 67.3 Å². The number of fused-ring (bicyclic) bond motifs is 2. The lowest BCUT2D eigenvalue weighted by molar-refractivity contribution is 0.0353. The summed E-state index contributed by atoms with van der Waals surface area (Å²) in [6.07, 6.45) is 0.727. The van der Waals surface area contributed by atoms with Gasteiger partial charge in [0.05, 0.1) is 37.3 Å². The number of aromatic hydroxyl groups is 1. The van der Waals surface area contributed by atoms with Crippen LogP contribution < -0.4 is 10.2 Å². The van der Waals surface area contributed by atoms with Gasteiger partial charge in [0.1, 0.15) is 5.58 Å². The largest absolute Gasteiger partial charge is 0.504 e. The van der Waals surface area contributed by atoms with Crippen LogP contribution in [0.3, 0.4) is 0 Å². The van der Waals surface area contributed by atoms with E-state index in [9.17, 15) is 14.7 Å². The molecule has 1 amide bonds. The smallest absolute Gasteiger partial charge is 0.290 e. The topological polar surface area (TPSA) is 92.5 Å². The minimum absolute atomic E-state index is 0.0213. The van der Waals surface area contributed by atoms with Crippen molar-refractivity contribution in [3.63, 3.8) is 0 Å². The molecule has 5 rings (SSSR count). The molecule has 2 aliphatic heterocycles. The minimum Gasteiger partial charge on any atom is -0.504 e. The summed E-state index contributed by atoms with van der Waals surface area (Å²) < 4.78 is 16.6. The zero-order chi connectivity index (χ0) is 23.8. The second kappa shape index (κ2) is 9.29. The Morgan fingerprint density at radius 3 is 2.68 bits per heavy atom. The van der Waals surface area contributed by atoms with Crippen LogP contribution in [-0.2, 0) is 4.74 Å². The van der Waals surface area contributed by atoms with E-state index < -0.39 is 6.04 Å². The molecule has 3 aromatic rings. The number of amides is 1. The summed E-state index contributed by atoms with van der Waals surface area (Å²) >= 11 is 6.14. The first kappa shape index (κ1) is 22.7. The maximum atomic E-state index is 13.6. The summed E-state index contributed by atoms with van der Waals surface area (Å²) in [7, 11) is 1.45. The molecule has 2 aromatic carbocycles. The van der Waals surface area contributed by atoms with Crippen LogP contribution in [0.4, 0.5) is 0 Å². The Kier molecular flexibility index (Phi) is 6.20. The number of benzene rings is 2. The van der Waals surface area contributed by atoms with E-state index >= 15 is 0 Å². The second-order valence-corrected chi connectivity index (χ2v) is 8.89. The normalized spacial score (nSPS) is 18.5. The number of halogens is 1. The van der Waals surface area contributed by atoms with Gasteiger partial charge in [0, 0.05) is 31.2 Å². The highest BCUT2D eigenvalue weighted by Crippen LogP contribution is 2.40. The lowest BCUT2D eigenvalue weighted by Gasteiger charge is -2.29. The molecule has 0 saturated carbocycles. The van der Waals surface area contributed by atoms with Crippen LogP contribution in [0, 0.1) is 0 Å². The Morgan fingerprint density at radius 2 is 1.91 bits per heavy atom. The second-order valence-electron chi connectivity index (χ2n) is 8.45. The van der Waals surface area contributed by atoms with Gasteiger partial charge in [-0.3, -0.25) is 14.5 Å². The standard InChI is InChI=1S/C25H25ClN2O6/c1-32-20-13-15(3-5-18(20)29)22-21-23(30)17-14-16(26)4-6-19(17)34-24(21)25(31)28(22)8-2-7-27-9-11-33-12-10-27/h3-6,13-14,22,29H,2,7-12H2,1H3/t22-/m0/s1. The van der Waals surface area contributed by atoms with E-state index in [0.29, 0.717) is 41.3 Å². The monoisotopic (exact) mass is 484 g/mol. The quantitative estimate of drug-likeness (QED) is 0.573. The van der Waals surface area contributed by atoms with Crippen LogP contribution in [0.2, 0.25) is 5.02 Å². The van der Waals surface area contributed by atoms with Gasteiger partial charge in [-0.15, -0.1) is 0 Å². The third-order valence-corrected chi connectivity index (χ3v) is 6.66. The molecule has 2 aliphatic rings. The summed E-state index contributed by atoms with van der Waals surface area (Å²) in [5.41, 5.74) is 0.958. The molecule has 0 aliphatic carbocycles. The highest BCUT2D eigenvalue weighted by Gasteiger charge is 2.42. The highest BCUT2D eigenvalue weighted by atomic mass is 35.5. The molecule has 0 bridgehead atoms. The zero-order valence-corrected chi connectivity index (χ0v) is 19.5. The maximum Gasteiger partial charge on any atom is 0.290 e. The Hall–Kier alpha value is -3.07. The molecule has 1 N–H and O–H groups in total. The lowest BCUT2D eigenvalue weighted by atomic mass is 9.98. The molecule has 0 unspecified atom stereocenters. The third kappa shape index (κ3) is 4.02. The van der Waals surface area contributed by atoms with Crippen molar-refractivity contribution in [2.24, 2.45) is 0 Å². The van der Waals surface area contributed by atoms with E-state index in [4.69, 9.17) is 25.5 Å². The molecule has 9 heteroatoms. The molecule has 34 heavy (non-hydrogen) atoms. The van der Waals surface area contributed by atoms with E-state index in [1.807, 2.05) is 0 Å². The van der Waals surface area contributed by atoms with E-state index in [0.717, 1.165) is 26.1 Å². The maximum absolute atomic E-state index is 13.6. The first-order valence-electron chi connectivity index (χ1n) is 11.2. The average Bonchev–Trinajstić information content (AvgIpc) is 3.12. The van der Waals surface area contributed by atoms with Crippen molar-refractivity contribution in [2.75, 3.05) is 46.5 Å². The number of hydrogen-bond donors (Lipinski definition) is 1. The molecule has 178 valence electrons. The van der Waals surface area contributed by atoms with Crippen molar-refractivity contribution >= 4 is 28.5 Å². The van der Waals surface area contributed by atoms with E-state index in [1.165, 1.54) is 13.2 Å². The Labute approximate surface area is 201 Å². The van der Waals surface area contributed by atoms with Crippen molar-refractivity contribution in [2.45, 2.75) is 12.5 Å². The molecule has 3 heterocycles. The zero-order valence-electron chi connectivity index (χ0n) is 18.8. The number of ether oxygens (including phenoxy) is 2. The Morgan fingerprint density at radius 1 is 1.12 bits per heavy atom. The van der Waals surface area contributed by atoms with Crippen molar-refractivity contribution in [3.05, 3.63) is 68.5 Å². The van der Waals surface area contributed by atoms with Gasteiger partial charge in [0.25, 0.3) is 5.91 Å². The van der Waals surface area contributed by atoms with Gasteiger partial charge >= 0.3 is 0 Å². The predicted molar refractivity (Wildman–Crippen MR) is 127 cm³/mol. The molecular formula is C25H25ClN2O6. The first-order valence-corrected chi connectivity index (χ1v) is 11.6. The molecule has 0 radical (unpaired) electrons. The fourth-order valence-electron chi connectivity index (χ4n) is 4.72. The molecule has 1 saturated heterocycles. The van der Waals surface area contributed by atoms with Crippen LogP contribution in [0.5, 0.6) is 11.5 Å². The van der Waals surface area contributed by atoms with Gasteiger partial charge in [-0.25, -0.2) is 0 Å². The molecular weight excluding hydrogens is 460 g/mol. The van der Waals surface area contributed by atoms with Crippen LogP contribution in [0.25, 0.3) is 11.0 Å². The molecule has 0 spiro atoms. The molecule has 8 nitrogen and oxygen atoms in total. The van der Waals surface area contributed by atoms with Gasteiger partial charge in [-0.2, -0.15) is 0 Å². The van der Waals surface area contributed by atoms with Gasteiger partial charge < -0.3 is 23.9 Å². The number of morpholine rings is 1. The van der Waals surface area contributed by atoms with Gasteiger partial charge in [0.15, 0.2) is 16.9 Å². The van der Waals surface area contributed by atoms with Crippen molar-refractivity contribution < 1.29 is 23.8 Å². The molecule has 1 aromatic heterocycles. The van der Waals surface area contributed by atoms with Gasteiger partial charge in [-0.1, -0.05) is 17.7 Å². The highest BCUT2D eigenvalue weighted by molar-refractivity contribution is 6.31. The number of carbonyl (C=O) groups is 1. The lowest BCUT2D eigenvalue weighted by Crippen LogP contribution is -2.38. The van der Waals surface area contributed by atoms with E-state index in [1.54, 1.807) is 35.2 Å². The minimum atomic E-state index is -0.665. The number of phenolic OH excluding ortho intramolecular Hbond substituents is 1.